The van der Waals surface area contributed by atoms with Gasteiger partial charge in [-0.3, -0.25) is 4.79 Å². The largest absolute Gasteiger partial charge is 0.343 e. The highest BCUT2D eigenvalue weighted by molar-refractivity contribution is 5.76. The van der Waals surface area contributed by atoms with Crippen LogP contribution in [0.1, 0.15) is 55.3 Å². The highest BCUT2D eigenvalue weighted by Gasteiger charge is 2.46. The summed E-state index contributed by atoms with van der Waals surface area (Å²) in [5, 5.41) is 3.18. The Morgan fingerprint density at radius 1 is 1.28 bits per heavy atom. The standard InChI is InChI=1S/C20H29N3O2/c1-5-18(24)23-10-8-20(9-11-23)13-17(21-19(25)22(3)4)15-12-14(2)6-7-16(15)20/h6-7,12,17H,5,8-11,13H2,1-4H3,(H,21,25)/t17-/m1/s1. The number of carbonyl (C=O) groups is 2. The number of piperidine rings is 1. The zero-order valence-electron chi connectivity index (χ0n) is 15.8. The lowest BCUT2D eigenvalue weighted by atomic mass is 9.73. The number of carbonyl (C=O) groups excluding carboxylic acids is 2. The lowest BCUT2D eigenvalue weighted by Crippen LogP contribution is -2.44. The number of aryl methyl sites for hydroxylation is 1. The zero-order valence-corrected chi connectivity index (χ0v) is 15.8. The van der Waals surface area contributed by atoms with Crippen LogP contribution in [0.4, 0.5) is 4.79 Å². The molecule has 1 fully saturated rings. The second-order valence-electron chi connectivity index (χ2n) is 7.71. The number of urea groups is 1. The number of amides is 3. The third kappa shape index (κ3) is 3.24. The Morgan fingerprint density at radius 3 is 2.56 bits per heavy atom. The van der Waals surface area contributed by atoms with Crippen LogP contribution in [0.25, 0.3) is 0 Å². The van der Waals surface area contributed by atoms with Crippen LogP contribution in [0.2, 0.25) is 0 Å². The molecule has 5 heteroatoms. The number of likely N-dealkylation sites (tertiary alicyclic amines) is 1. The summed E-state index contributed by atoms with van der Waals surface area (Å²) >= 11 is 0. The molecule has 1 aliphatic heterocycles. The van der Waals surface area contributed by atoms with E-state index in [0.717, 1.165) is 32.4 Å². The molecule has 1 aromatic carbocycles. The lowest BCUT2D eigenvalue weighted by Gasteiger charge is -2.40. The van der Waals surface area contributed by atoms with Crippen molar-refractivity contribution in [3.63, 3.8) is 0 Å². The van der Waals surface area contributed by atoms with E-state index in [4.69, 9.17) is 0 Å². The van der Waals surface area contributed by atoms with Crippen molar-refractivity contribution >= 4 is 11.9 Å². The van der Waals surface area contributed by atoms with Crippen molar-refractivity contribution in [1.29, 1.82) is 0 Å². The van der Waals surface area contributed by atoms with Crippen molar-refractivity contribution in [2.75, 3.05) is 27.2 Å². The van der Waals surface area contributed by atoms with Gasteiger partial charge in [-0.1, -0.05) is 30.7 Å². The van der Waals surface area contributed by atoms with Gasteiger partial charge in [0, 0.05) is 39.0 Å². The summed E-state index contributed by atoms with van der Waals surface area (Å²) in [6.45, 7) is 5.65. The predicted octanol–water partition coefficient (Wildman–Crippen LogP) is 2.98. The molecule has 2 aliphatic rings. The van der Waals surface area contributed by atoms with Gasteiger partial charge in [-0.15, -0.1) is 0 Å². The van der Waals surface area contributed by atoms with Gasteiger partial charge in [0.1, 0.15) is 0 Å². The average molecular weight is 343 g/mol. The van der Waals surface area contributed by atoms with Gasteiger partial charge >= 0.3 is 6.03 Å². The minimum absolute atomic E-state index is 0.0481. The Hall–Kier alpha value is -2.04. The molecule has 0 aromatic heterocycles. The van der Waals surface area contributed by atoms with Gasteiger partial charge in [-0.05, 0) is 37.3 Å². The maximum Gasteiger partial charge on any atom is 0.317 e. The Bertz CT molecular complexity index is 676. The van der Waals surface area contributed by atoms with Crippen molar-refractivity contribution in [3.05, 3.63) is 34.9 Å². The zero-order chi connectivity index (χ0) is 18.2. The van der Waals surface area contributed by atoms with Crippen LogP contribution in [0.5, 0.6) is 0 Å². The average Bonchev–Trinajstić information content (AvgIpc) is 2.87. The van der Waals surface area contributed by atoms with E-state index in [0.29, 0.717) is 6.42 Å². The molecule has 1 aromatic rings. The minimum atomic E-state index is -0.0481. The fourth-order valence-corrected chi connectivity index (χ4v) is 4.35. The van der Waals surface area contributed by atoms with E-state index in [1.54, 1.807) is 19.0 Å². The summed E-state index contributed by atoms with van der Waals surface area (Å²) in [4.78, 5) is 27.8. The second-order valence-corrected chi connectivity index (χ2v) is 7.71. The molecule has 1 atom stereocenters. The molecule has 136 valence electrons. The van der Waals surface area contributed by atoms with E-state index in [2.05, 4.69) is 30.4 Å². The minimum Gasteiger partial charge on any atom is -0.343 e. The van der Waals surface area contributed by atoms with Crippen LogP contribution in [0.3, 0.4) is 0 Å². The fraction of sp³-hybridized carbons (Fsp3) is 0.600. The van der Waals surface area contributed by atoms with Gasteiger partial charge in [0.2, 0.25) is 5.91 Å². The van der Waals surface area contributed by atoms with Crippen LogP contribution < -0.4 is 5.32 Å². The Balaban J connectivity index is 1.86. The molecule has 0 unspecified atom stereocenters. The van der Waals surface area contributed by atoms with Gasteiger partial charge in [0.05, 0.1) is 6.04 Å². The van der Waals surface area contributed by atoms with Crippen LogP contribution in [-0.4, -0.2) is 48.9 Å². The predicted molar refractivity (Wildman–Crippen MR) is 98.5 cm³/mol. The van der Waals surface area contributed by atoms with Gasteiger partial charge in [-0.2, -0.15) is 0 Å². The van der Waals surface area contributed by atoms with Gasteiger partial charge in [0.25, 0.3) is 0 Å². The molecule has 0 radical (unpaired) electrons. The first-order valence-electron chi connectivity index (χ1n) is 9.23. The number of hydrogen-bond donors (Lipinski definition) is 1. The Morgan fingerprint density at radius 2 is 1.96 bits per heavy atom. The third-order valence-corrected chi connectivity index (χ3v) is 5.83. The Kier molecular flexibility index (Phi) is 4.76. The smallest absolute Gasteiger partial charge is 0.317 e. The molecule has 5 nitrogen and oxygen atoms in total. The van der Waals surface area contributed by atoms with E-state index >= 15 is 0 Å². The molecule has 1 aliphatic carbocycles. The third-order valence-electron chi connectivity index (χ3n) is 5.83. The number of fused-ring (bicyclic) bond motifs is 2. The molecular formula is C20H29N3O2. The van der Waals surface area contributed by atoms with E-state index < -0.39 is 0 Å². The SMILES string of the molecule is CCC(=O)N1CCC2(CC1)C[C@@H](NC(=O)N(C)C)c1cc(C)ccc12. The Labute approximate surface area is 150 Å². The normalized spacial score (nSPS) is 21.1. The van der Waals surface area contributed by atoms with Crippen molar-refractivity contribution < 1.29 is 9.59 Å². The molecular weight excluding hydrogens is 314 g/mol. The first-order valence-corrected chi connectivity index (χ1v) is 9.23. The number of rotatable bonds is 2. The highest BCUT2D eigenvalue weighted by Crippen LogP contribution is 2.51. The summed E-state index contributed by atoms with van der Waals surface area (Å²) < 4.78 is 0. The maximum absolute atomic E-state index is 12.2. The monoisotopic (exact) mass is 343 g/mol. The number of benzene rings is 1. The summed E-state index contributed by atoms with van der Waals surface area (Å²) in [7, 11) is 3.54. The number of nitrogens with zero attached hydrogens (tertiary/aromatic N) is 2. The first kappa shape index (κ1) is 17.8. The van der Waals surface area contributed by atoms with E-state index in [1.807, 2.05) is 11.8 Å². The molecule has 1 saturated heterocycles. The van der Waals surface area contributed by atoms with Crippen LogP contribution >= 0.6 is 0 Å². The first-order chi connectivity index (χ1) is 11.9. The summed E-state index contributed by atoms with van der Waals surface area (Å²) in [6.07, 6.45) is 3.45. The van der Waals surface area contributed by atoms with Crippen LogP contribution in [0.15, 0.2) is 18.2 Å². The van der Waals surface area contributed by atoms with Crippen molar-refractivity contribution in [2.45, 2.75) is 51.0 Å². The fourth-order valence-electron chi connectivity index (χ4n) is 4.35. The summed E-state index contributed by atoms with van der Waals surface area (Å²) in [6, 6.07) is 6.63. The molecule has 0 saturated carbocycles. The summed E-state index contributed by atoms with van der Waals surface area (Å²) in [5.74, 6) is 0.245. The second kappa shape index (κ2) is 6.70. The summed E-state index contributed by atoms with van der Waals surface area (Å²) in [5.41, 5.74) is 3.92. The van der Waals surface area contributed by atoms with Crippen molar-refractivity contribution in [2.24, 2.45) is 0 Å². The molecule has 3 rings (SSSR count). The quantitative estimate of drug-likeness (QED) is 0.897. The number of nitrogens with one attached hydrogen (secondary N) is 1. The lowest BCUT2D eigenvalue weighted by molar-refractivity contribution is -0.132. The molecule has 3 amide bonds. The molecule has 0 bridgehead atoms. The van der Waals surface area contributed by atoms with Gasteiger partial charge in [-0.25, -0.2) is 4.79 Å². The molecule has 25 heavy (non-hydrogen) atoms. The van der Waals surface area contributed by atoms with Crippen molar-refractivity contribution in [1.82, 2.24) is 15.1 Å². The van der Waals surface area contributed by atoms with E-state index in [-0.39, 0.29) is 23.4 Å². The van der Waals surface area contributed by atoms with Crippen LogP contribution in [0, 0.1) is 6.92 Å². The van der Waals surface area contributed by atoms with Crippen LogP contribution in [-0.2, 0) is 10.2 Å². The maximum atomic E-state index is 12.2. The van der Waals surface area contributed by atoms with E-state index in [9.17, 15) is 9.59 Å². The van der Waals surface area contributed by atoms with E-state index in [1.165, 1.54) is 16.7 Å². The number of hydrogen-bond acceptors (Lipinski definition) is 2. The topological polar surface area (TPSA) is 52.7 Å². The molecule has 1 N–H and O–H groups in total. The highest BCUT2D eigenvalue weighted by atomic mass is 16.2. The molecule has 1 heterocycles. The van der Waals surface area contributed by atoms with Gasteiger partial charge < -0.3 is 15.1 Å². The van der Waals surface area contributed by atoms with Crippen molar-refractivity contribution in [3.8, 4) is 0 Å². The molecule has 1 spiro atoms. The van der Waals surface area contributed by atoms with Gasteiger partial charge in [0.15, 0.2) is 0 Å².